The lowest BCUT2D eigenvalue weighted by atomic mass is 9.82. The third kappa shape index (κ3) is 3.32. The molecule has 0 bridgehead atoms. The van der Waals surface area contributed by atoms with Gasteiger partial charge in [0, 0.05) is 13.2 Å². The van der Waals surface area contributed by atoms with Crippen molar-refractivity contribution in [3.05, 3.63) is 18.0 Å². The minimum absolute atomic E-state index is 0.0828. The molecular weight excluding hydrogens is 230 g/mol. The second-order valence-electron chi connectivity index (χ2n) is 5.18. The number of hydrogen-bond donors (Lipinski definition) is 2. The Labute approximate surface area is 107 Å². The van der Waals surface area contributed by atoms with Crippen LogP contribution in [0.4, 0.5) is 0 Å². The van der Waals surface area contributed by atoms with E-state index in [4.69, 9.17) is 0 Å². The number of amides is 1. The highest BCUT2D eigenvalue weighted by molar-refractivity contribution is 5.76. The van der Waals surface area contributed by atoms with Crippen LogP contribution in [-0.2, 0) is 18.4 Å². The molecule has 1 heterocycles. The second kappa shape index (κ2) is 5.52. The van der Waals surface area contributed by atoms with E-state index in [0.717, 1.165) is 31.4 Å². The molecule has 2 rings (SSSR count). The first-order valence-electron chi connectivity index (χ1n) is 6.55. The van der Waals surface area contributed by atoms with Crippen LogP contribution in [0.3, 0.4) is 0 Å². The first kappa shape index (κ1) is 13.1. The summed E-state index contributed by atoms with van der Waals surface area (Å²) in [4.78, 5) is 11.8. The molecule has 0 radical (unpaired) electrons. The van der Waals surface area contributed by atoms with Gasteiger partial charge < -0.3 is 10.4 Å². The molecule has 0 aromatic carbocycles. The smallest absolute Gasteiger partial charge is 0.223 e. The number of rotatable bonds is 4. The summed E-state index contributed by atoms with van der Waals surface area (Å²) >= 11 is 0. The molecule has 2 N–H and O–H groups in total. The van der Waals surface area contributed by atoms with E-state index in [1.165, 1.54) is 6.42 Å². The molecule has 100 valence electrons. The summed E-state index contributed by atoms with van der Waals surface area (Å²) in [6.07, 6.45) is 6.61. The van der Waals surface area contributed by atoms with Gasteiger partial charge in [-0.05, 0) is 18.9 Å². The Balaban J connectivity index is 1.80. The van der Waals surface area contributed by atoms with Crippen molar-refractivity contribution in [1.82, 2.24) is 15.1 Å². The van der Waals surface area contributed by atoms with Crippen molar-refractivity contribution >= 4 is 5.91 Å². The molecule has 1 amide bonds. The SMILES string of the molecule is Cn1nccc1CNC(=O)CC1(O)CCCCC1. The van der Waals surface area contributed by atoms with Crippen molar-refractivity contribution in [1.29, 1.82) is 0 Å². The molecular formula is C13H21N3O2. The van der Waals surface area contributed by atoms with Crippen molar-refractivity contribution in [2.75, 3.05) is 0 Å². The molecule has 0 aliphatic heterocycles. The Morgan fingerprint density at radius 3 is 2.83 bits per heavy atom. The van der Waals surface area contributed by atoms with Crippen LogP contribution < -0.4 is 5.32 Å². The number of nitrogens with zero attached hydrogens (tertiary/aromatic N) is 2. The Bertz CT molecular complexity index is 408. The van der Waals surface area contributed by atoms with Gasteiger partial charge in [-0.1, -0.05) is 19.3 Å². The zero-order valence-electron chi connectivity index (χ0n) is 10.9. The number of nitrogens with one attached hydrogen (secondary N) is 1. The van der Waals surface area contributed by atoms with Gasteiger partial charge in [-0.15, -0.1) is 0 Å². The van der Waals surface area contributed by atoms with E-state index in [9.17, 15) is 9.90 Å². The number of carbonyl (C=O) groups excluding carboxylic acids is 1. The van der Waals surface area contributed by atoms with Crippen LogP contribution in [0.2, 0.25) is 0 Å². The van der Waals surface area contributed by atoms with Crippen LogP contribution in [0.1, 0.15) is 44.2 Å². The van der Waals surface area contributed by atoms with Crippen LogP contribution in [0.25, 0.3) is 0 Å². The molecule has 1 aliphatic rings. The molecule has 18 heavy (non-hydrogen) atoms. The number of aromatic nitrogens is 2. The van der Waals surface area contributed by atoms with Gasteiger partial charge in [0.15, 0.2) is 0 Å². The Morgan fingerprint density at radius 1 is 1.50 bits per heavy atom. The molecule has 1 aromatic rings. The molecule has 1 saturated carbocycles. The topological polar surface area (TPSA) is 67.2 Å². The van der Waals surface area contributed by atoms with E-state index in [1.54, 1.807) is 10.9 Å². The lowest BCUT2D eigenvalue weighted by Crippen LogP contribution is -2.38. The van der Waals surface area contributed by atoms with Crippen LogP contribution in [0, 0.1) is 0 Å². The Hall–Kier alpha value is -1.36. The van der Waals surface area contributed by atoms with Gasteiger partial charge in [-0.2, -0.15) is 5.10 Å². The number of aryl methyl sites for hydroxylation is 1. The van der Waals surface area contributed by atoms with Gasteiger partial charge in [0.05, 0.1) is 24.3 Å². The molecule has 1 aliphatic carbocycles. The van der Waals surface area contributed by atoms with E-state index in [1.807, 2.05) is 13.1 Å². The van der Waals surface area contributed by atoms with Crippen molar-refractivity contribution < 1.29 is 9.90 Å². The summed E-state index contributed by atoms with van der Waals surface area (Å²) in [5, 5.41) is 17.2. The maximum atomic E-state index is 11.8. The predicted octanol–water partition coefficient (Wildman–Crippen LogP) is 1.12. The van der Waals surface area contributed by atoms with Crippen molar-refractivity contribution in [2.45, 2.75) is 50.7 Å². The third-order valence-corrected chi connectivity index (χ3v) is 3.66. The van der Waals surface area contributed by atoms with Crippen molar-refractivity contribution in [2.24, 2.45) is 7.05 Å². The predicted molar refractivity (Wildman–Crippen MR) is 67.7 cm³/mol. The van der Waals surface area contributed by atoms with E-state index >= 15 is 0 Å². The molecule has 0 spiro atoms. The average Bonchev–Trinajstić information content (AvgIpc) is 2.72. The maximum absolute atomic E-state index is 11.8. The summed E-state index contributed by atoms with van der Waals surface area (Å²) in [6.45, 7) is 0.464. The Kier molecular flexibility index (Phi) is 4.01. The number of hydrogen-bond acceptors (Lipinski definition) is 3. The van der Waals surface area contributed by atoms with Crippen molar-refractivity contribution in [3.8, 4) is 0 Å². The van der Waals surface area contributed by atoms with E-state index in [0.29, 0.717) is 6.54 Å². The lowest BCUT2D eigenvalue weighted by molar-refractivity contribution is -0.127. The van der Waals surface area contributed by atoms with Gasteiger partial charge in [0.25, 0.3) is 0 Å². The standard InChI is InChI=1S/C13H21N3O2/c1-16-11(5-8-15-16)10-14-12(17)9-13(18)6-3-2-4-7-13/h5,8,18H,2-4,6-7,9-10H2,1H3,(H,14,17). The minimum Gasteiger partial charge on any atom is -0.389 e. The van der Waals surface area contributed by atoms with Crippen molar-refractivity contribution in [3.63, 3.8) is 0 Å². The van der Waals surface area contributed by atoms with Crippen LogP contribution >= 0.6 is 0 Å². The molecule has 5 nitrogen and oxygen atoms in total. The van der Waals surface area contributed by atoms with E-state index in [-0.39, 0.29) is 12.3 Å². The molecule has 0 unspecified atom stereocenters. The monoisotopic (exact) mass is 251 g/mol. The fraction of sp³-hybridized carbons (Fsp3) is 0.692. The van der Waals surface area contributed by atoms with Crippen LogP contribution in [-0.4, -0.2) is 26.4 Å². The highest BCUT2D eigenvalue weighted by Crippen LogP contribution is 2.30. The average molecular weight is 251 g/mol. The zero-order valence-corrected chi connectivity index (χ0v) is 10.9. The first-order valence-corrected chi connectivity index (χ1v) is 6.55. The van der Waals surface area contributed by atoms with Gasteiger partial charge in [-0.25, -0.2) is 0 Å². The lowest BCUT2D eigenvalue weighted by Gasteiger charge is -2.31. The summed E-state index contributed by atoms with van der Waals surface area (Å²) in [7, 11) is 1.84. The molecule has 0 saturated heterocycles. The highest BCUT2D eigenvalue weighted by Gasteiger charge is 2.31. The fourth-order valence-corrected chi connectivity index (χ4v) is 2.51. The van der Waals surface area contributed by atoms with Gasteiger partial charge in [-0.3, -0.25) is 9.48 Å². The molecule has 0 atom stereocenters. The normalized spacial score (nSPS) is 18.6. The Morgan fingerprint density at radius 2 is 2.22 bits per heavy atom. The van der Waals surface area contributed by atoms with Gasteiger partial charge in [0.2, 0.25) is 5.91 Å². The minimum atomic E-state index is -0.783. The third-order valence-electron chi connectivity index (χ3n) is 3.66. The quantitative estimate of drug-likeness (QED) is 0.842. The van der Waals surface area contributed by atoms with Crippen LogP contribution in [0.5, 0.6) is 0 Å². The number of carbonyl (C=O) groups is 1. The van der Waals surface area contributed by atoms with E-state index < -0.39 is 5.60 Å². The summed E-state index contributed by atoms with van der Waals surface area (Å²) in [5.41, 5.74) is 0.174. The first-order chi connectivity index (χ1) is 8.59. The largest absolute Gasteiger partial charge is 0.389 e. The summed E-state index contributed by atoms with van der Waals surface area (Å²) < 4.78 is 1.73. The summed E-state index contributed by atoms with van der Waals surface area (Å²) in [6, 6.07) is 1.87. The fourth-order valence-electron chi connectivity index (χ4n) is 2.51. The summed E-state index contributed by atoms with van der Waals surface area (Å²) in [5.74, 6) is -0.0828. The van der Waals surface area contributed by atoms with Gasteiger partial charge >= 0.3 is 0 Å². The van der Waals surface area contributed by atoms with E-state index in [2.05, 4.69) is 10.4 Å². The molecule has 1 fully saturated rings. The highest BCUT2D eigenvalue weighted by atomic mass is 16.3. The molecule has 5 heteroatoms. The zero-order chi connectivity index (χ0) is 13.0. The number of aliphatic hydroxyl groups is 1. The van der Waals surface area contributed by atoms with Crippen LogP contribution in [0.15, 0.2) is 12.3 Å². The second-order valence-corrected chi connectivity index (χ2v) is 5.18. The maximum Gasteiger partial charge on any atom is 0.223 e. The van der Waals surface area contributed by atoms with Gasteiger partial charge in [0.1, 0.15) is 0 Å². The molecule has 1 aromatic heterocycles.